The van der Waals surface area contributed by atoms with E-state index in [1.54, 1.807) is 12.1 Å². The predicted molar refractivity (Wildman–Crippen MR) is 107 cm³/mol. The van der Waals surface area contributed by atoms with Gasteiger partial charge in [-0.15, -0.1) is 0 Å². The van der Waals surface area contributed by atoms with Gasteiger partial charge in [-0.2, -0.15) is 0 Å². The Balaban J connectivity index is 1.51. The second-order valence-corrected chi connectivity index (χ2v) is 7.61. The zero-order chi connectivity index (χ0) is 19.1. The van der Waals surface area contributed by atoms with E-state index in [-0.39, 0.29) is 11.9 Å². The third-order valence-corrected chi connectivity index (χ3v) is 5.69. The molecule has 3 rings (SSSR count). The summed E-state index contributed by atoms with van der Waals surface area (Å²) in [5.41, 5.74) is 1.35. The molecule has 1 N–H and O–H groups in total. The summed E-state index contributed by atoms with van der Waals surface area (Å²) in [7, 11) is 0. The molecule has 27 heavy (non-hydrogen) atoms. The van der Waals surface area contributed by atoms with Crippen LogP contribution in [0.2, 0.25) is 0 Å². The molecule has 1 saturated carbocycles. The predicted octanol–water partition coefficient (Wildman–Crippen LogP) is 4.61. The van der Waals surface area contributed by atoms with Gasteiger partial charge in [-0.05, 0) is 49.3 Å². The molecule has 2 aliphatic rings. The van der Waals surface area contributed by atoms with E-state index in [2.05, 4.69) is 24.3 Å². The number of benzene rings is 1. The lowest BCUT2D eigenvalue weighted by atomic mass is 9.89. The van der Waals surface area contributed by atoms with Crippen molar-refractivity contribution < 1.29 is 14.7 Å². The van der Waals surface area contributed by atoms with Gasteiger partial charge in [0, 0.05) is 13.0 Å². The smallest absolute Gasteiger partial charge is 0.335 e. The normalized spacial score (nSPS) is 21.6. The number of carboxylic acid groups (broad SMARTS) is 1. The van der Waals surface area contributed by atoms with Gasteiger partial charge < -0.3 is 10.0 Å². The maximum atomic E-state index is 12.2. The molecule has 1 atom stereocenters. The second-order valence-electron chi connectivity index (χ2n) is 7.61. The first-order chi connectivity index (χ1) is 13.1. The van der Waals surface area contributed by atoms with Gasteiger partial charge in [0.15, 0.2) is 0 Å². The molecule has 1 aliphatic heterocycles. The minimum absolute atomic E-state index is 0.173. The van der Waals surface area contributed by atoms with E-state index >= 15 is 0 Å². The van der Waals surface area contributed by atoms with Crippen LogP contribution in [0.25, 0.3) is 0 Å². The molecule has 0 bridgehead atoms. The maximum absolute atomic E-state index is 12.2. The molecule has 144 valence electrons. The number of carbonyl (C=O) groups excluding carboxylic acids is 1. The lowest BCUT2D eigenvalue weighted by Crippen LogP contribution is -2.33. The SMILES string of the molecule is O=C(O)c1ccc(CCN2C(=O)CC[C@@H]2/C=C\C=C\C2CCCCC2)cc1. The van der Waals surface area contributed by atoms with E-state index in [4.69, 9.17) is 5.11 Å². The van der Waals surface area contributed by atoms with Crippen LogP contribution >= 0.6 is 0 Å². The molecule has 1 aromatic carbocycles. The Labute approximate surface area is 161 Å². The van der Waals surface area contributed by atoms with E-state index in [9.17, 15) is 9.59 Å². The fourth-order valence-electron chi connectivity index (χ4n) is 4.05. The van der Waals surface area contributed by atoms with E-state index < -0.39 is 5.97 Å². The maximum Gasteiger partial charge on any atom is 0.335 e. The highest BCUT2D eigenvalue weighted by molar-refractivity contribution is 5.87. The fraction of sp³-hybridized carbons (Fsp3) is 0.478. The molecule has 1 aliphatic carbocycles. The van der Waals surface area contributed by atoms with E-state index in [0.29, 0.717) is 18.5 Å². The minimum Gasteiger partial charge on any atom is -0.478 e. The van der Waals surface area contributed by atoms with Crippen LogP contribution < -0.4 is 0 Å². The van der Waals surface area contributed by atoms with Gasteiger partial charge in [-0.1, -0.05) is 55.7 Å². The van der Waals surface area contributed by atoms with Crippen molar-refractivity contribution in [2.24, 2.45) is 5.92 Å². The van der Waals surface area contributed by atoms with E-state index in [0.717, 1.165) is 24.3 Å². The average Bonchev–Trinajstić information content (AvgIpc) is 3.04. The number of rotatable bonds is 7. The standard InChI is InChI=1S/C23H29NO3/c25-22-15-14-21(9-5-4-8-18-6-2-1-3-7-18)24(22)17-16-19-10-12-20(13-11-19)23(26)27/h4-5,8-13,18,21H,1-3,6-7,14-17H2,(H,26,27)/b8-4+,9-5-/t21-/m0/s1. The van der Waals surface area contributed by atoms with Crippen LogP contribution in [0.5, 0.6) is 0 Å². The number of amides is 1. The Kier molecular flexibility index (Phi) is 6.86. The van der Waals surface area contributed by atoms with Gasteiger partial charge in [0.2, 0.25) is 5.91 Å². The topological polar surface area (TPSA) is 57.6 Å². The molecule has 0 radical (unpaired) electrons. The van der Waals surface area contributed by atoms with Gasteiger partial charge >= 0.3 is 5.97 Å². The third kappa shape index (κ3) is 5.56. The van der Waals surface area contributed by atoms with E-state index in [1.807, 2.05) is 17.0 Å². The van der Waals surface area contributed by atoms with Crippen molar-refractivity contribution in [2.45, 2.75) is 57.4 Å². The lowest BCUT2D eigenvalue weighted by molar-refractivity contribution is -0.128. The molecule has 2 fully saturated rings. The van der Waals surface area contributed by atoms with E-state index in [1.165, 1.54) is 32.1 Å². The first kappa shape index (κ1) is 19.4. The Bertz CT molecular complexity index is 699. The zero-order valence-electron chi connectivity index (χ0n) is 15.8. The summed E-state index contributed by atoms with van der Waals surface area (Å²) < 4.78 is 0. The summed E-state index contributed by atoms with van der Waals surface area (Å²) in [6.07, 6.45) is 17.6. The van der Waals surface area contributed by atoms with Crippen molar-refractivity contribution in [3.63, 3.8) is 0 Å². The van der Waals surface area contributed by atoms with Crippen LogP contribution in [0.4, 0.5) is 0 Å². The van der Waals surface area contributed by atoms with Gasteiger partial charge in [0.1, 0.15) is 0 Å². The van der Waals surface area contributed by atoms with Gasteiger partial charge in [-0.25, -0.2) is 4.79 Å². The highest BCUT2D eigenvalue weighted by Gasteiger charge is 2.28. The molecule has 1 aromatic rings. The number of hydrogen-bond donors (Lipinski definition) is 1. The van der Waals surface area contributed by atoms with Crippen LogP contribution in [0.1, 0.15) is 60.9 Å². The highest BCUT2D eigenvalue weighted by Crippen LogP contribution is 2.25. The number of nitrogens with zero attached hydrogens (tertiary/aromatic N) is 1. The summed E-state index contributed by atoms with van der Waals surface area (Å²) in [5, 5.41) is 8.97. The Morgan fingerprint density at radius 3 is 2.44 bits per heavy atom. The lowest BCUT2D eigenvalue weighted by Gasteiger charge is -2.22. The molecule has 4 heteroatoms. The first-order valence-electron chi connectivity index (χ1n) is 10.1. The molecule has 0 aromatic heterocycles. The molecule has 0 unspecified atom stereocenters. The molecule has 1 saturated heterocycles. The second kappa shape index (κ2) is 9.54. The monoisotopic (exact) mass is 367 g/mol. The van der Waals surface area contributed by atoms with Crippen molar-refractivity contribution >= 4 is 11.9 Å². The average molecular weight is 367 g/mol. The molecule has 0 spiro atoms. The summed E-state index contributed by atoms with van der Waals surface area (Å²) in [4.78, 5) is 25.1. The number of allylic oxidation sites excluding steroid dienone is 3. The number of aromatic carboxylic acids is 1. The summed E-state index contributed by atoms with van der Waals surface area (Å²) in [5.74, 6) is 0.0179. The summed E-state index contributed by atoms with van der Waals surface area (Å²) in [6, 6.07) is 7.09. The third-order valence-electron chi connectivity index (χ3n) is 5.69. The molecular formula is C23H29NO3. The molecular weight excluding hydrogens is 338 g/mol. The van der Waals surface area contributed by atoms with Crippen molar-refractivity contribution in [3.05, 3.63) is 59.7 Å². The Hall–Kier alpha value is -2.36. The van der Waals surface area contributed by atoms with Gasteiger partial charge in [-0.3, -0.25) is 4.79 Å². The van der Waals surface area contributed by atoms with Crippen molar-refractivity contribution in [3.8, 4) is 0 Å². The van der Waals surface area contributed by atoms with Crippen LogP contribution in [0.15, 0.2) is 48.6 Å². The number of hydrogen-bond acceptors (Lipinski definition) is 2. The zero-order valence-corrected chi connectivity index (χ0v) is 15.8. The van der Waals surface area contributed by atoms with Crippen LogP contribution in [-0.2, 0) is 11.2 Å². The summed E-state index contributed by atoms with van der Waals surface area (Å²) >= 11 is 0. The number of carbonyl (C=O) groups is 2. The number of likely N-dealkylation sites (tertiary alicyclic amines) is 1. The van der Waals surface area contributed by atoms with Gasteiger partial charge in [0.05, 0.1) is 11.6 Å². The van der Waals surface area contributed by atoms with Crippen LogP contribution in [0.3, 0.4) is 0 Å². The Morgan fingerprint density at radius 1 is 1.04 bits per heavy atom. The molecule has 1 heterocycles. The summed E-state index contributed by atoms with van der Waals surface area (Å²) in [6.45, 7) is 0.673. The number of carboxylic acids is 1. The molecule has 4 nitrogen and oxygen atoms in total. The van der Waals surface area contributed by atoms with Crippen LogP contribution in [-0.4, -0.2) is 34.5 Å². The van der Waals surface area contributed by atoms with Crippen molar-refractivity contribution in [1.82, 2.24) is 4.90 Å². The minimum atomic E-state index is -0.914. The quantitative estimate of drug-likeness (QED) is 0.716. The molecule has 1 amide bonds. The van der Waals surface area contributed by atoms with Gasteiger partial charge in [0.25, 0.3) is 0 Å². The van der Waals surface area contributed by atoms with Crippen molar-refractivity contribution in [1.29, 1.82) is 0 Å². The Morgan fingerprint density at radius 2 is 1.74 bits per heavy atom. The fourth-order valence-corrected chi connectivity index (χ4v) is 4.05. The van der Waals surface area contributed by atoms with Crippen molar-refractivity contribution in [2.75, 3.05) is 6.54 Å². The van der Waals surface area contributed by atoms with Crippen LogP contribution in [0, 0.1) is 5.92 Å². The largest absolute Gasteiger partial charge is 0.478 e. The highest BCUT2D eigenvalue weighted by atomic mass is 16.4. The first-order valence-corrected chi connectivity index (χ1v) is 10.1.